The van der Waals surface area contributed by atoms with Crippen LogP contribution in [0.5, 0.6) is 0 Å². The van der Waals surface area contributed by atoms with Crippen molar-refractivity contribution in [1.29, 1.82) is 0 Å². The lowest BCUT2D eigenvalue weighted by Gasteiger charge is -2.11. The molecule has 0 aromatic heterocycles. The Kier molecular flexibility index (Phi) is 2.45. The minimum atomic E-state index is -3.81. The Labute approximate surface area is 65.5 Å². The van der Waals surface area contributed by atoms with E-state index in [2.05, 4.69) is 4.99 Å². The summed E-state index contributed by atoms with van der Waals surface area (Å²) in [4.78, 5) is 5.65. The molecule has 0 bridgehead atoms. The molecule has 1 N–H and O–H groups in total. The van der Waals surface area contributed by atoms with E-state index in [1.807, 2.05) is 0 Å². The van der Waals surface area contributed by atoms with E-state index in [-0.39, 0.29) is 5.75 Å². The van der Waals surface area contributed by atoms with Gasteiger partial charge in [0, 0.05) is 13.1 Å². The first-order chi connectivity index (χ1) is 5.08. The normalized spacial score (nSPS) is 17.7. The maximum absolute atomic E-state index is 10.3. The second-order valence-electron chi connectivity index (χ2n) is 2.34. The van der Waals surface area contributed by atoms with Crippen LogP contribution in [-0.4, -0.2) is 49.6 Å². The first kappa shape index (κ1) is 8.48. The molecule has 0 amide bonds. The zero-order valence-corrected chi connectivity index (χ0v) is 6.79. The van der Waals surface area contributed by atoms with E-state index in [1.54, 1.807) is 11.2 Å². The summed E-state index contributed by atoms with van der Waals surface area (Å²) < 4.78 is 28.9. The lowest BCUT2D eigenvalue weighted by atomic mass is 10.6. The van der Waals surface area contributed by atoms with Crippen molar-refractivity contribution in [3.63, 3.8) is 0 Å². The Morgan fingerprint density at radius 3 is 2.82 bits per heavy atom. The fraction of sp³-hybridized carbons (Fsp3) is 0.800. The second kappa shape index (κ2) is 3.19. The van der Waals surface area contributed by atoms with Crippen LogP contribution in [0.4, 0.5) is 0 Å². The summed E-state index contributed by atoms with van der Waals surface area (Å²) in [6.07, 6.45) is 1.60. The molecule has 1 aliphatic heterocycles. The Bertz CT molecular complexity index is 246. The summed E-state index contributed by atoms with van der Waals surface area (Å²) in [5.74, 6) is -0.223. The molecule has 0 aromatic rings. The highest BCUT2D eigenvalue weighted by Gasteiger charge is 2.09. The van der Waals surface area contributed by atoms with Crippen molar-refractivity contribution in [3.8, 4) is 0 Å². The summed E-state index contributed by atoms with van der Waals surface area (Å²) >= 11 is 0. The van der Waals surface area contributed by atoms with Gasteiger partial charge in [-0.3, -0.25) is 9.55 Å². The van der Waals surface area contributed by atoms with Gasteiger partial charge in [-0.05, 0) is 0 Å². The van der Waals surface area contributed by atoms with Crippen molar-refractivity contribution < 1.29 is 13.0 Å². The third-order valence-electron chi connectivity index (χ3n) is 1.40. The van der Waals surface area contributed by atoms with Crippen LogP contribution in [0, 0.1) is 0 Å². The highest BCUT2D eigenvalue weighted by Crippen LogP contribution is 1.93. The average molecular weight is 178 g/mol. The molecular weight excluding hydrogens is 168 g/mol. The maximum Gasteiger partial charge on any atom is 0.266 e. The maximum atomic E-state index is 10.3. The summed E-state index contributed by atoms with van der Waals surface area (Å²) in [7, 11) is -3.81. The zero-order chi connectivity index (χ0) is 8.32. The number of hydrogen-bond donors (Lipinski definition) is 1. The summed E-state index contributed by atoms with van der Waals surface area (Å²) in [5, 5.41) is 0. The standard InChI is InChI=1S/C5H10N2O3S/c8-11(9,10)4-3-7-2-1-6-5-7/h5H,1-4H2,(H,8,9,10). The molecule has 11 heavy (non-hydrogen) atoms. The molecular formula is C5H10N2O3S. The van der Waals surface area contributed by atoms with E-state index in [1.165, 1.54) is 0 Å². The van der Waals surface area contributed by atoms with Gasteiger partial charge in [0.25, 0.3) is 10.1 Å². The molecule has 0 unspecified atom stereocenters. The molecule has 0 aliphatic carbocycles. The molecule has 0 atom stereocenters. The van der Waals surface area contributed by atoms with Crippen molar-refractivity contribution in [2.45, 2.75) is 0 Å². The largest absolute Gasteiger partial charge is 0.360 e. The first-order valence-electron chi connectivity index (χ1n) is 3.27. The zero-order valence-electron chi connectivity index (χ0n) is 5.97. The molecule has 1 heterocycles. The SMILES string of the molecule is O=S(=O)(O)CCN1C=NCC1. The molecule has 0 fully saturated rings. The van der Waals surface area contributed by atoms with Gasteiger partial charge in [0.05, 0.1) is 18.6 Å². The van der Waals surface area contributed by atoms with E-state index < -0.39 is 10.1 Å². The highest BCUT2D eigenvalue weighted by atomic mass is 32.2. The number of rotatable bonds is 3. The molecule has 1 rings (SSSR count). The third kappa shape index (κ3) is 3.33. The monoisotopic (exact) mass is 178 g/mol. The molecule has 0 saturated carbocycles. The van der Waals surface area contributed by atoms with Crippen LogP contribution in [0.25, 0.3) is 0 Å². The molecule has 0 aromatic carbocycles. The smallest absolute Gasteiger partial charge is 0.266 e. The molecule has 0 saturated heterocycles. The Balaban J connectivity index is 2.28. The van der Waals surface area contributed by atoms with Crippen molar-refractivity contribution in [2.75, 3.05) is 25.4 Å². The predicted octanol–water partition coefficient (Wildman–Crippen LogP) is -0.782. The highest BCUT2D eigenvalue weighted by molar-refractivity contribution is 7.85. The molecule has 0 radical (unpaired) electrons. The minimum Gasteiger partial charge on any atom is -0.360 e. The van der Waals surface area contributed by atoms with E-state index in [9.17, 15) is 8.42 Å². The van der Waals surface area contributed by atoms with Crippen LogP contribution in [0.3, 0.4) is 0 Å². The van der Waals surface area contributed by atoms with E-state index in [4.69, 9.17) is 4.55 Å². The Hall–Kier alpha value is -0.620. The van der Waals surface area contributed by atoms with Crippen LogP contribution >= 0.6 is 0 Å². The van der Waals surface area contributed by atoms with Crippen LogP contribution in [0.2, 0.25) is 0 Å². The molecule has 1 aliphatic rings. The molecule has 6 heteroatoms. The van der Waals surface area contributed by atoms with Crippen LogP contribution in [0.1, 0.15) is 0 Å². The number of hydrogen-bond acceptors (Lipinski definition) is 4. The number of nitrogens with zero attached hydrogens (tertiary/aromatic N) is 2. The summed E-state index contributed by atoms with van der Waals surface area (Å²) in [6, 6.07) is 0. The van der Waals surface area contributed by atoms with Gasteiger partial charge in [-0.2, -0.15) is 8.42 Å². The van der Waals surface area contributed by atoms with Crippen molar-refractivity contribution in [3.05, 3.63) is 0 Å². The molecule has 5 nitrogen and oxygen atoms in total. The van der Waals surface area contributed by atoms with Gasteiger partial charge >= 0.3 is 0 Å². The average Bonchev–Trinajstić information content (AvgIpc) is 2.32. The fourth-order valence-electron chi connectivity index (χ4n) is 0.819. The van der Waals surface area contributed by atoms with Gasteiger partial charge in [0.1, 0.15) is 0 Å². The van der Waals surface area contributed by atoms with Gasteiger partial charge in [-0.15, -0.1) is 0 Å². The number of aliphatic imine (C=N–C) groups is 1. The van der Waals surface area contributed by atoms with E-state index in [0.717, 1.165) is 6.54 Å². The Morgan fingerprint density at radius 2 is 2.36 bits per heavy atom. The molecule has 64 valence electrons. The molecule has 0 spiro atoms. The van der Waals surface area contributed by atoms with Gasteiger partial charge in [-0.25, -0.2) is 0 Å². The van der Waals surface area contributed by atoms with E-state index >= 15 is 0 Å². The lowest BCUT2D eigenvalue weighted by Crippen LogP contribution is -2.26. The predicted molar refractivity (Wildman–Crippen MR) is 41.3 cm³/mol. The first-order valence-corrected chi connectivity index (χ1v) is 4.88. The van der Waals surface area contributed by atoms with Crippen molar-refractivity contribution >= 4 is 16.5 Å². The lowest BCUT2D eigenvalue weighted by molar-refractivity contribution is 0.454. The topological polar surface area (TPSA) is 70.0 Å². The van der Waals surface area contributed by atoms with Crippen molar-refractivity contribution in [2.24, 2.45) is 4.99 Å². The van der Waals surface area contributed by atoms with Gasteiger partial charge < -0.3 is 4.90 Å². The van der Waals surface area contributed by atoms with Crippen LogP contribution in [-0.2, 0) is 10.1 Å². The van der Waals surface area contributed by atoms with Crippen LogP contribution in [0.15, 0.2) is 4.99 Å². The quantitative estimate of drug-likeness (QED) is 0.575. The van der Waals surface area contributed by atoms with Gasteiger partial charge in [-0.1, -0.05) is 0 Å². The van der Waals surface area contributed by atoms with Crippen LogP contribution < -0.4 is 0 Å². The van der Waals surface area contributed by atoms with Gasteiger partial charge in [0.15, 0.2) is 0 Å². The van der Waals surface area contributed by atoms with Gasteiger partial charge in [0.2, 0.25) is 0 Å². The minimum absolute atomic E-state index is 0.223. The fourth-order valence-corrected chi connectivity index (χ4v) is 1.28. The second-order valence-corrected chi connectivity index (χ2v) is 3.92. The summed E-state index contributed by atoms with van der Waals surface area (Å²) in [5.41, 5.74) is 0. The van der Waals surface area contributed by atoms with Crippen molar-refractivity contribution in [1.82, 2.24) is 4.90 Å². The Morgan fingerprint density at radius 1 is 1.64 bits per heavy atom. The van der Waals surface area contributed by atoms with E-state index in [0.29, 0.717) is 13.1 Å². The third-order valence-corrected chi connectivity index (χ3v) is 2.10. The summed E-state index contributed by atoms with van der Waals surface area (Å²) in [6.45, 7) is 1.78.